The molecule has 0 radical (unpaired) electrons. The number of hydrogen-bond acceptors (Lipinski definition) is 4. The molecule has 3 rings (SSSR count). The summed E-state index contributed by atoms with van der Waals surface area (Å²) in [5.41, 5.74) is 1.04. The number of aromatic nitrogens is 2. The van der Waals surface area contributed by atoms with Gasteiger partial charge in [0.05, 0.1) is 0 Å². The lowest BCUT2D eigenvalue weighted by Gasteiger charge is -2.25. The summed E-state index contributed by atoms with van der Waals surface area (Å²) in [6, 6.07) is 12.1. The largest absolute Gasteiger partial charge is 0.373 e. The highest BCUT2D eigenvalue weighted by atomic mass is 15.1. The van der Waals surface area contributed by atoms with Gasteiger partial charge in [-0.1, -0.05) is 49.6 Å². The van der Waals surface area contributed by atoms with E-state index in [1.807, 2.05) is 43.4 Å². The summed E-state index contributed by atoms with van der Waals surface area (Å²) in [6.45, 7) is 0.985. The maximum absolute atomic E-state index is 4.63. The second-order valence-corrected chi connectivity index (χ2v) is 5.59. The highest BCUT2D eigenvalue weighted by molar-refractivity contribution is 5.61. The summed E-state index contributed by atoms with van der Waals surface area (Å²) < 4.78 is 0. The van der Waals surface area contributed by atoms with E-state index in [1.165, 1.54) is 25.7 Å². The van der Waals surface area contributed by atoms with Crippen LogP contribution in [-0.4, -0.2) is 23.6 Å². The maximum atomic E-state index is 4.63. The minimum atomic E-state index is 0.758. The monoisotopic (exact) mass is 282 g/mol. The summed E-state index contributed by atoms with van der Waals surface area (Å²) >= 11 is 0. The molecule has 0 aliphatic heterocycles. The van der Waals surface area contributed by atoms with Gasteiger partial charge >= 0.3 is 0 Å². The van der Waals surface area contributed by atoms with Gasteiger partial charge in [-0.15, -0.1) is 0 Å². The van der Waals surface area contributed by atoms with Gasteiger partial charge in [0.15, 0.2) is 5.82 Å². The van der Waals surface area contributed by atoms with Crippen LogP contribution in [-0.2, 0) is 0 Å². The van der Waals surface area contributed by atoms with Crippen molar-refractivity contribution in [3.8, 4) is 11.4 Å². The Kier molecular flexibility index (Phi) is 4.34. The van der Waals surface area contributed by atoms with Crippen LogP contribution in [0.15, 0.2) is 36.4 Å². The Morgan fingerprint density at radius 1 is 1.10 bits per heavy atom. The van der Waals surface area contributed by atoms with Crippen LogP contribution in [0.4, 0.5) is 11.6 Å². The molecule has 1 fully saturated rings. The van der Waals surface area contributed by atoms with Gasteiger partial charge in [-0.3, -0.25) is 0 Å². The summed E-state index contributed by atoms with van der Waals surface area (Å²) in [4.78, 5) is 9.16. The first-order chi connectivity index (χ1) is 10.3. The average Bonchev–Trinajstić information content (AvgIpc) is 2.50. The van der Waals surface area contributed by atoms with Gasteiger partial charge in [-0.25, -0.2) is 9.97 Å². The number of nitrogens with one attached hydrogen (secondary N) is 2. The second kappa shape index (κ2) is 6.57. The normalized spacial score (nSPS) is 14.5. The lowest BCUT2D eigenvalue weighted by atomic mass is 9.83. The van der Waals surface area contributed by atoms with Crippen LogP contribution < -0.4 is 10.6 Å². The van der Waals surface area contributed by atoms with Crippen LogP contribution in [0, 0.1) is 5.92 Å². The van der Waals surface area contributed by atoms with Gasteiger partial charge in [-0.2, -0.15) is 0 Å². The average molecular weight is 282 g/mol. The Morgan fingerprint density at radius 2 is 1.86 bits per heavy atom. The predicted octanol–water partition coefficient (Wildman–Crippen LogP) is 3.79. The molecule has 1 aromatic carbocycles. The molecule has 1 aromatic heterocycles. The van der Waals surface area contributed by atoms with Crippen molar-refractivity contribution in [2.24, 2.45) is 5.92 Å². The van der Waals surface area contributed by atoms with Crippen molar-refractivity contribution in [2.45, 2.75) is 25.7 Å². The second-order valence-electron chi connectivity index (χ2n) is 5.59. The third kappa shape index (κ3) is 3.51. The molecule has 110 valence electrons. The highest BCUT2D eigenvalue weighted by Gasteiger charge is 2.16. The highest BCUT2D eigenvalue weighted by Crippen LogP contribution is 2.29. The van der Waals surface area contributed by atoms with Gasteiger partial charge in [-0.05, 0) is 12.3 Å². The molecule has 0 unspecified atom stereocenters. The zero-order chi connectivity index (χ0) is 14.5. The first-order valence-electron chi connectivity index (χ1n) is 7.71. The van der Waals surface area contributed by atoms with Gasteiger partial charge in [0, 0.05) is 25.2 Å². The van der Waals surface area contributed by atoms with Crippen LogP contribution >= 0.6 is 0 Å². The number of benzene rings is 1. The summed E-state index contributed by atoms with van der Waals surface area (Å²) in [5, 5.41) is 6.55. The Hall–Kier alpha value is -2.10. The van der Waals surface area contributed by atoms with Gasteiger partial charge in [0.2, 0.25) is 0 Å². The fourth-order valence-electron chi connectivity index (χ4n) is 2.57. The van der Waals surface area contributed by atoms with Crippen molar-refractivity contribution < 1.29 is 0 Å². The molecule has 1 aliphatic rings. The summed E-state index contributed by atoms with van der Waals surface area (Å²) in [6.07, 6.45) is 5.42. The molecule has 0 saturated heterocycles. The van der Waals surface area contributed by atoms with E-state index in [9.17, 15) is 0 Å². The van der Waals surface area contributed by atoms with Crippen molar-refractivity contribution in [1.82, 2.24) is 9.97 Å². The van der Waals surface area contributed by atoms with Crippen molar-refractivity contribution in [2.75, 3.05) is 24.2 Å². The smallest absolute Gasteiger partial charge is 0.163 e. The molecule has 0 bridgehead atoms. The molecule has 1 heterocycles. The topological polar surface area (TPSA) is 49.8 Å². The SMILES string of the molecule is CNc1cc(NCCC2CCC2)nc(-c2ccccc2)n1. The molecule has 2 N–H and O–H groups in total. The molecule has 0 atom stereocenters. The zero-order valence-corrected chi connectivity index (χ0v) is 12.5. The van der Waals surface area contributed by atoms with Crippen LogP contribution in [0.25, 0.3) is 11.4 Å². The molecule has 21 heavy (non-hydrogen) atoms. The lowest BCUT2D eigenvalue weighted by Crippen LogP contribution is -2.16. The minimum absolute atomic E-state index is 0.758. The molecule has 0 amide bonds. The number of hydrogen-bond donors (Lipinski definition) is 2. The molecule has 4 heteroatoms. The van der Waals surface area contributed by atoms with E-state index in [1.54, 1.807) is 0 Å². The number of nitrogens with zero attached hydrogens (tertiary/aromatic N) is 2. The number of anilines is 2. The first kappa shape index (κ1) is 13.9. The van der Waals surface area contributed by atoms with Crippen LogP contribution in [0.2, 0.25) is 0 Å². The van der Waals surface area contributed by atoms with E-state index < -0.39 is 0 Å². The third-order valence-corrected chi connectivity index (χ3v) is 4.10. The lowest BCUT2D eigenvalue weighted by molar-refractivity contribution is 0.303. The zero-order valence-electron chi connectivity index (χ0n) is 12.5. The Labute approximate surface area is 126 Å². The molecular weight excluding hydrogens is 260 g/mol. The molecule has 0 spiro atoms. The van der Waals surface area contributed by atoms with Crippen molar-refractivity contribution in [3.05, 3.63) is 36.4 Å². The predicted molar refractivity (Wildman–Crippen MR) is 87.5 cm³/mol. The Morgan fingerprint density at radius 3 is 2.52 bits per heavy atom. The van der Waals surface area contributed by atoms with Crippen molar-refractivity contribution in [3.63, 3.8) is 0 Å². The fraction of sp³-hybridized carbons (Fsp3) is 0.412. The van der Waals surface area contributed by atoms with E-state index in [0.717, 1.165) is 35.5 Å². The van der Waals surface area contributed by atoms with E-state index >= 15 is 0 Å². The van der Waals surface area contributed by atoms with Gasteiger partial charge in [0.1, 0.15) is 11.6 Å². The maximum Gasteiger partial charge on any atom is 0.163 e. The standard InChI is InChI=1S/C17H22N4/c1-18-15-12-16(19-11-10-13-6-5-7-13)21-17(20-15)14-8-3-2-4-9-14/h2-4,8-9,12-13H,5-7,10-11H2,1H3,(H2,18,19,20,21). The quantitative estimate of drug-likeness (QED) is 0.846. The Balaban J connectivity index is 1.73. The molecule has 4 nitrogen and oxygen atoms in total. The van der Waals surface area contributed by atoms with E-state index in [-0.39, 0.29) is 0 Å². The van der Waals surface area contributed by atoms with Crippen LogP contribution in [0.5, 0.6) is 0 Å². The minimum Gasteiger partial charge on any atom is -0.373 e. The Bertz CT molecular complexity index is 579. The molecular formula is C17H22N4. The molecule has 2 aromatic rings. The van der Waals surface area contributed by atoms with Crippen molar-refractivity contribution >= 4 is 11.6 Å². The first-order valence-corrected chi connectivity index (χ1v) is 7.71. The van der Waals surface area contributed by atoms with Crippen LogP contribution in [0.1, 0.15) is 25.7 Å². The van der Waals surface area contributed by atoms with Gasteiger partial charge in [0.25, 0.3) is 0 Å². The van der Waals surface area contributed by atoms with Crippen molar-refractivity contribution in [1.29, 1.82) is 0 Å². The summed E-state index contributed by atoms with van der Waals surface area (Å²) in [7, 11) is 1.88. The van der Waals surface area contributed by atoms with E-state index in [4.69, 9.17) is 0 Å². The fourth-order valence-corrected chi connectivity index (χ4v) is 2.57. The van der Waals surface area contributed by atoms with Gasteiger partial charge < -0.3 is 10.6 Å². The van der Waals surface area contributed by atoms with E-state index in [2.05, 4.69) is 20.6 Å². The molecule has 1 saturated carbocycles. The summed E-state index contributed by atoms with van der Waals surface area (Å²) in [5.74, 6) is 3.41. The molecule has 1 aliphatic carbocycles. The third-order valence-electron chi connectivity index (χ3n) is 4.10. The number of rotatable bonds is 6. The van der Waals surface area contributed by atoms with E-state index in [0.29, 0.717) is 0 Å². The van der Waals surface area contributed by atoms with Crippen LogP contribution in [0.3, 0.4) is 0 Å².